The van der Waals surface area contributed by atoms with Crippen LogP contribution in [-0.4, -0.2) is 86.5 Å². The molecule has 0 radical (unpaired) electrons. The van der Waals surface area contributed by atoms with Crippen molar-refractivity contribution in [3.8, 4) is 5.75 Å². The molecule has 6 N–H and O–H groups in total. The Kier molecular flexibility index (Phi) is 6.91. The lowest BCUT2D eigenvalue weighted by Crippen LogP contribution is -2.65. The number of nitrogens with two attached hydrogens (primary N) is 1. The molecule has 0 saturated heterocycles. The van der Waals surface area contributed by atoms with Gasteiger partial charge in [-0.1, -0.05) is 25.4 Å². The number of phenols is 1. The van der Waals surface area contributed by atoms with E-state index in [2.05, 4.69) is 4.90 Å². The molecule has 0 bridgehead atoms. The maximum absolute atomic E-state index is 13.8. The van der Waals surface area contributed by atoms with Crippen LogP contribution in [0.2, 0.25) is 5.02 Å². The molecule has 3 aliphatic rings. The number of aliphatic hydroxyl groups is 3. The van der Waals surface area contributed by atoms with Crippen LogP contribution in [-0.2, 0) is 27.3 Å². The van der Waals surface area contributed by atoms with Gasteiger partial charge >= 0.3 is 0 Å². The van der Waals surface area contributed by atoms with Crippen molar-refractivity contribution in [2.75, 3.05) is 27.2 Å². The second kappa shape index (κ2) is 9.43. The SMILES string of the molecule is CCN(CC)Cc1cc(O)c2c(c1Cl)C[C@H]1C[C@H]3[C@H](N(C)C)C(=O)C(C(N)=O)=C(O)[C@@]3(O)C(=O)C1=C2O. The standard InChI is InChI=1S/C26H32ClN3O7/c1-5-30(6-2)10-12-9-15(31)17-13(19(12)27)7-11-8-14-20(29(3)4)22(33)18(25(28)36)24(35)26(14,37)23(34)16(11)21(17)32/h9,11,14,20,31-32,35,37H,5-8,10H2,1-4H3,(H2,28,36)/t11-,14-,20-,26-/m0/s1. The average Bonchev–Trinajstić information content (AvgIpc) is 2.82. The zero-order valence-corrected chi connectivity index (χ0v) is 22.0. The molecule has 1 fully saturated rings. The van der Waals surface area contributed by atoms with Gasteiger partial charge in [0, 0.05) is 23.1 Å². The van der Waals surface area contributed by atoms with Gasteiger partial charge in [-0.25, -0.2) is 0 Å². The van der Waals surface area contributed by atoms with Crippen molar-refractivity contribution in [2.45, 2.75) is 44.9 Å². The highest BCUT2D eigenvalue weighted by atomic mass is 35.5. The second-order valence-electron chi connectivity index (χ2n) is 10.1. The topological polar surface area (TPSA) is 165 Å². The first-order chi connectivity index (χ1) is 17.3. The van der Waals surface area contributed by atoms with Crippen molar-refractivity contribution in [1.29, 1.82) is 0 Å². The number of ketones is 2. The molecule has 11 heteroatoms. The van der Waals surface area contributed by atoms with Crippen molar-refractivity contribution in [3.05, 3.63) is 44.7 Å². The number of benzene rings is 1. The Balaban J connectivity index is 1.91. The summed E-state index contributed by atoms with van der Waals surface area (Å²) in [5, 5.41) is 45.0. The summed E-state index contributed by atoms with van der Waals surface area (Å²) in [6.07, 6.45) is 0.177. The van der Waals surface area contributed by atoms with Gasteiger partial charge in [-0.2, -0.15) is 0 Å². The number of halogens is 1. The molecule has 1 amide bonds. The number of primary amides is 1. The summed E-state index contributed by atoms with van der Waals surface area (Å²) in [7, 11) is 3.11. The van der Waals surface area contributed by atoms with Gasteiger partial charge in [0.1, 0.15) is 22.8 Å². The van der Waals surface area contributed by atoms with Crippen LogP contribution >= 0.6 is 11.6 Å². The van der Waals surface area contributed by atoms with Crippen LogP contribution in [0.25, 0.3) is 5.76 Å². The van der Waals surface area contributed by atoms with Gasteiger partial charge in [0.2, 0.25) is 5.78 Å². The molecular weight excluding hydrogens is 502 g/mol. The van der Waals surface area contributed by atoms with Gasteiger partial charge in [0.05, 0.1) is 11.6 Å². The predicted octanol–water partition coefficient (Wildman–Crippen LogP) is 1.46. The number of aromatic hydroxyl groups is 1. The van der Waals surface area contributed by atoms with Crippen molar-refractivity contribution < 1.29 is 34.8 Å². The number of fused-ring (bicyclic) bond motifs is 3. The smallest absolute Gasteiger partial charge is 0.255 e. The fourth-order valence-electron chi connectivity index (χ4n) is 6.15. The number of Topliss-reactive ketones (excluding diaryl/α,β-unsaturated/α-hetero) is 2. The van der Waals surface area contributed by atoms with E-state index in [1.807, 2.05) is 13.8 Å². The maximum atomic E-state index is 13.8. The number of aliphatic hydroxyl groups excluding tert-OH is 2. The molecular formula is C26H32ClN3O7. The average molecular weight is 534 g/mol. The fraction of sp³-hybridized carbons (Fsp3) is 0.500. The monoisotopic (exact) mass is 533 g/mol. The Bertz CT molecular complexity index is 1270. The van der Waals surface area contributed by atoms with Crippen molar-refractivity contribution in [3.63, 3.8) is 0 Å². The maximum Gasteiger partial charge on any atom is 0.255 e. The third-order valence-electron chi connectivity index (χ3n) is 8.02. The number of hydrogen-bond acceptors (Lipinski definition) is 9. The number of rotatable bonds is 6. The molecule has 1 saturated carbocycles. The van der Waals surface area contributed by atoms with Crippen molar-refractivity contribution in [2.24, 2.45) is 17.6 Å². The van der Waals surface area contributed by atoms with E-state index in [0.717, 1.165) is 13.1 Å². The normalized spacial score (nSPS) is 27.5. The molecule has 37 heavy (non-hydrogen) atoms. The number of amides is 1. The number of hydrogen-bond donors (Lipinski definition) is 5. The summed E-state index contributed by atoms with van der Waals surface area (Å²) in [4.78, 5) is 42.6. The van der Waals surface area contributed by atoms with Gasteiger partial charge in [-0.15, -0.1) is 0 Å². The Morgan fingerprint density at radius 3 is 2.35 bits per heavy atom. The molecule has 200 valence electrons. The van der Waals surface area contributed by atoms with E-state index >= 15 is 0 Å². The van der Waals surface area contributed by atoms with Crippen LogP contribution in [0, 0.1) is 11.8 Å². The van der Waals surface area contributed by atoms with Crippen molar-refractivity contribution in [1.82, 2.24) is 9.80 Å². The van der Waals surface area contributed by atoms with E-state index in [1.165, 1.54) is 11.0 Å². The zero-order chi connectivity index (χ0) is 27.6. The van der Waals surface area contributed by atoms with Crippen LogP contribution < -0.4 is 5.73 Å². The number of phenolic OH excluding ortho intramolecular Hbond substituents is 1. The first kappa shape index (κ1) is 27.1. The Morgan fingerprint density at radius 1 is 1.19 bits per heavy atom. The minimum Gasteiger partial charge on any atom is -0.508 e. The van der Waals surface area contributed by atoms with E-state index in [1.54, 1.807) is 14.1 Å². The molecule has 0 aliphatic heterocycles. The van der Waals surface area contributed by atoms with Crippen LogP contribution in [0.3, 0.4) is 0 Å². The van der Waals surface area contributed by atoms with E-state index in [-0.39, 0.29) is 29.7 Å². The van der Waals surface area contributed by atoms with Gasteiger partial charge in [0.25, 0.3) is 5.91 Å². The summed E-state index contributed by atoms with van der Waals surface area (Å²) in [5.41, 5.74) is 2.76. The van der Waals surface area contributed by atoms with Crippen LogP contribution in [0.4, 0.5) is 0 Å². The molecule has 0 aromatic heterocycles. The Hall–Kier alpha value is -2.92. The highest BCUT2D eigenvalue weighted by Gasteiger charge is 2.64. The van der Waals surface area contributed by atoms with E-state index in [0.29, 0.717) is 22.7 Å². The summed E-state index contributed by atoms with van der Waals surface area (Å²) in [6.45, 7) is 6.02. The minimum atomic E-state index is -2.66. The lowest BCUT2D eigenvalue weighted by molar-refractivity contribution is -0.153. The highest BCUT2D eigenvalue weighted by molar-refractivity contribution is 6.32. The van der Waals surface area contributed by atoms with Crippen LogP contribution in [0.1, 0.15) is 37.0 Å². The third kappa shape index (κ3) is 3.85. The Labute approximate surface area is 219 Å². The molecule has 1 aromatic rings. The first-order valence-corrected chi connectivity index (χ1v) is 12.6. The lowest BCUT2D eigenvalue weighted by atomic mass is 9.57. The number of carbonyl (C=O) groups excluding carboxylic acids is 3. The molecule has 4 atom stereocenters. The van der Waals surface area contributed by atoms with Crippen molar-refractivity contribution >= 4 is 34.8 Å². The molecule has 1 aromatic carbocycles. The van der Waals surface area contributed by atoms with Gasteiger partial charge in [-0.3, -0.25) is 24.2 Å². The summed E-state index contributed by atoms with van der Waals surface area (Å²) >= 11 is 6.77. The van der Waals surface area contributed by atoms with E-state index < -0.39 is 58.0 Å². The Morgan fingerprint density at radius 2 is 1.81 bits per heavy atom. The van der Waals surface area contributed by atoms with E-state index in [4.69, 9.17) is 17.3 Å². The largest absolute Gasteiger partial charge is 0.508 e. The van der Waals surface area contributed by atoms with Crippen LogP contribution in [0.15, 0.2) is 23.0 Å². The quantitative estimate of drug-likeness (QED) is 0.340. The lowest BCUT2D eigenvalue weighted by Gasteiger charge is -2.50. The fourth-order valence-corrected chi connectivity index (χ4v) is 6.44. The number of nitrogens with zero attached hydrogens (tertiary/aromatic N) is 2. The zero-order valence-electron chi connectivity index (χ0n) is 21.2. The third-order valence-corrected chi connectivity index (χ3v) is 8.49. The first-order valence-electron chi connectivity index (χ1n) is 12.2. The molecule has 4 rings (SSSR count). The van der Waals surface area contributed by atoms with Crippen LogP contribution in [0.5, 0.6) is 5.75 Å². The molecule has 0 unspecified atom stereocenters. The predicted molar refractivity (Wildman–Crippen MR) is 136 cm³/mol. The summed E-state index contributed by atoms with van der Waals surface area (Å²) in [5.74, 6) is -6.83. The van der Waals surface area contributed by atoms with Gasteiger partial charge in [0.15, 0.2) is 11.4 Å². The number of likely N-dealkylation sites (N-methyl/N-ethyl adjacent to an activating group) is 1. The van der Waals surface area contributed by atoms with Gasteiger partial charge < -0.3 is 26.2 Å². The molecule has 10 nitrogen and oxygen atoms in total. The number of carbonyl (C=O) groups is 3. The highest BCUT2D eigenvalue weighted by Crippen LogP contribution is 2.53. The minimum absolute atomic E-state index is 0.00964. The van der Waals surface area contributed by atoms with Gasteiger partial charge in [-0.05, 0) is 63.1 Å². The summed E-state index contributed by atoms with van der Waals surface area (Å²) in [6, 6.07) is 0.320. The second-order valence-corrected chi connectivity index (χ2v) is 10.5. The molecule has 0 heterocycles. The molecule has 0 spiro atoms. The molecule has 3 aliphatic carbocycles. The summed E-state index contributed by atoms with van der Waals surface area (Å²) < 4.78 is 0. The van der Waals surface area contributed by atoms with E-state index in [9.17, 15) is 34.8 Å².